The number of methoxy groups -OCH3 is 1. The predicted molar refractivity (Wildman–Crippen MR) is 116 cm³/mol. The maximum atomic E-state index is 13.0. The first-order valence-electron chi connectivity index (χ1n) is 10.8. The Morgan fingerprint density at radius 2 is 1.69 bits per heavy atom. The van der Waals surface area contributed by atoms with E-state index in [1.807, 2.05) is 0 Å². The van der Waals surface area contributed by atoms with E-state index in [1.54, 1.807) is 28.9 Å². The van der Waals surface area contributed by atoms with Crippen molar-refractivity contribution in [2.45, 2.75) is 24.7 Å². The van der Waals surface area contributed by atoms with Crippen LogP contribution in [0.3, 0.4) is 0 Å². The molecule has 32 heavy (non-hydrogen) atoms. The smallest absolute Gasteiger partial charge is 0.409 e. The molecule has 2 aliphatic rings. The molecule has 2 saturated heterocycles. The molecule has 178 valence electrons. The Hall–Kier alpha value is -2.37. The van der Waals surface area contributed by atoms with Crippen LogP contribution in [0.5, 0.6) is 5.75 Å². The molecule has 0 atom stereocenters. The van der Waals surface area contributed by atoms with E-state index >= 15 is 0 Å². The van der Waals surface area contributed by atoms with Crippen molar-refractivity contribution < 1.29 is 32.2 Å². The molecular weight excluding hydrogens is 438 g/mol. The zero-order valence-electron chi connectivity index (χ0n) is 18.6. The Kier molecular flexibility index (Phi) is 8.32. The molecule has 11 heteroatoms. The summed E-state index contributed by atoms with van der Waals surface area (Å²) in [5.74, 6) is 0.503. The zero-order chi connectivity index (χ0) is 23.1. The minimum absolute atomic E-state index is 0.0444. The first-order valence-corrected chi connectivity index (χ1v) is 12.2. The fourth-order valence-corrected chi connectivity index (χ4v) is 5.26. The van der Waals surface area contributed by atoms with E-state index in [1.165, 1.54) is 17.5 Å². The molecule has 3 rings (SSSR count). The van der Waals surface area contributed by atoms with E-state index in [0.29, 0.717) is 76.8 Å². The van der Waals surface area contributed by atoms with Gasteiger partial charge in [-0.1, -0.05) is 0 Å². The van der Waals surface area contributed by atoms with Gasteiger partial charge >= 0.3 is 6.09 Å². The SMILES string of the molecule is CCOC(=O)N1CCN(C(=O)CCc2cc(S(=O)(=O)N3CCOCC3)ccc2OC)CC1. The standard InChI is InChI=1S/C21H31N3O7S/c1-3-31-21(26)23-10-8-22(9-11-23)20(25)7-4-17-16-18(5-6-19(17)29-2)32(27,28)24-12-14-30-15-13-24/h5-6,16H,3-4,7-15H2,1-2H3. The number of hydrogen-bond donors (Lipinski definition) is 0. The Morgan fingerprint density at radius 3 is 2.31 bits per heavy atom. The second kappa shape index (κ2) is 11.0. The van der Waals surface area contributed by atoms with Crippen molar-refractivity contribution in [3.8, 4) is 5.75 Å². The molecule has 0 aromatic heterocycles. The van der Waals surface area contributed by atoms with Gasteiger partial charge in [-0.25, -0.2) is 13.2 Å². The molecule has 0 saturated carbocycles. The molecule has 0 radical (unpaired) electrons. The summed E-state index contributed by atoms with van der Waals surface area (Å²) < 4.78 is 43.0. The van der Waals surface area contributed by atoms with Crippen molar-refractivity contribution in [1.29, 1.82) is 0 Å². The van der Waals surface area contributed by atoms with Gasteiger partial charge in [-0.3, -0.25) is 4.79 Å². The number of aryl methyl sites for hydroxylation is 1. The first-order chi connectivity index (χ1) is 15.4. The van der Waals surface area contributed by atoms with E-state index < -0.39 is 10.0 Å². The van der Waals surface area contributed by atoms with Crippen LogP contribution in [-0.2, 0) is 30.7 Å². The van der Waals surface area contributed by atoms with Crippen LogP contribution in [0.1, 0.15) is 18.9 Å². The topological polar surface area (TPSA) is 106 Å². The van der Waals surface area contributed by atoms with Gasteiger partial charge in [0, 0.05) is 45.7 Å². The lowest BCUT2D eigenvalue weighted by atomic mass is 10.1. The van der Waals surface area contributed by atoms with E-state index in [2.05, 4.69) is 0 Å². The quantitative estimate of drug-likeness (QED) is 0.585. The lowest BCUT2D eigenvalue weighted by molar-refractivity contribution is -0.132. The molecule has 1 aromatic rings. The fraction of sp³-hybridized carbons (Fsp3) is 0.619. The van der Waals surface area contributed by atoms with Gasteiger partial charge in [0.2, 0.25) is 15.9 Å². The van der Waals surface area contributed by atoms with Crippen molar-refractivity contribution in [2.24, 2.45) is 0 Å². The van der Waals surface area contributed by atoms with Crippen molar-refractivity contribution in [3.05, 3.63) is 23.8 Å². The number of nitrogens with zero attached hydrogens (tertiary/aromatic N) is 3. The van der Waals surface area contributed by atoms with Crippen LogP contribution in [0.2, 0.25) is 0 Å². The monoisotopic (exact) mass is 469 g/mol. The summed E-state index contributed by atoms with van der Waals surface area (Å²) in [6, 6.07) is 4.75. The molecule has 10 nitrogen and oxygen atoms in total. The van der Waals surface area contributed by atoms with Crippen molar-refractivity contribution in [3.63, 3.8) is 0 Å². The van der Waals surface area contributed by atoms with E-state index in [4.69, 9.17) is 14.2 Å². The fourth-order valence-electron chi connectivity index (χ4n) is 3.80. The number of ether oxygens (including phenoxy) is 3. The molecule has 0 N–H and O–H groups in total. The molecule has 0 spiro atoms. The number of hydrogen-bond acceptors (Lipinski definition) is 7. The van der Waals surface area contributed by atoms with Crippen LogP contribution in [0, 0.1) is 0 Å². The summed E-state index contributed by atoms with van der Waals surface area (Å²) in [7, 11) is -2.12. The minimum Gasteiger partial charge on any atom is -0.496 e. The number of carbonyl (C=O) groups excluding carboxylic acids is 2. The Morgan fingerprint density at radius 1 is 1.03 bits per heavy atom. The van der Waals surface area contributed by atoms with Gasteiger partial charge in [-0.2, -0.15) is 4.31 Å². The van der Waals surface area contributed by atoms with E-state index in [-0.39, 0.29) is 23.3 Å². The summed E-state index contributed by atoms with van der Waals surface area (Å²) in [5, 5.41) is 0. The maximum absolute atomic E-state index is 13.0. The molecule has 1 aromatic carbocycles. The third kappa shape index (κ3) is 5.70. The number of piperazine rings is 1. The second-order valence-electron chi connectivity index (χ2n) is 7.56. The van der Waals surface area contributed by atoms with Gasteiger partial charge < -0.3 is 24.0 Å². The second-order valence-corrected chi connectivity index (χ2v) is 9.49. The van der Waals surface area contributed by atoms with Gasteiger partial charge in [-0.15, -0.1) is 0 Å². The normalized spacial score (nSPS) is 17.8. The lowest BCUT2D eigenvalue weighted by Gasteiger charge is -2.34. The number of carbonyl (C=O) groups is 2. The van der Waals surface area contributed by atoms with Gasteiger partial charge in [0.1, 0.15) is 5.75 Å². The molecule has 2 aliphatic heterocycles. The van der Waals surface area contributed by atoms with Gasteiger partial charge in [0.15, 0.2) is 0 Å². The van der Waals surface area contributed by atoms with Crippen LogP contribution in [0.25, 0.3) is 0 Å². The number of sulfonamides is 1. The van der Waals surface area contributed by atoms with Crippen molar-refractivity contribution in [1.82, 2.24) is 14.1 Å². The number of rotatable bonds is 7. The minimum atomic E-state index is -3.63. The zero-order valence-corrected chi connectivity index (χ0v) is 19.4. The Bertz CT molecular complexity index is 908. The number of amides is 2. The number of benzene rings is 1. The molecule has 2 heterocycles. The Balaban J connectivity index is 1.62. The summed E-state index contributed by atoms with van der Waals surface area (Å²) in [4.78, 5) is 28.0. The molecular formula is C21H31N3O7S. The molecule has 0 aliphatic carbocycles. The van der Waals surface area contributed by atoms with Crippen molar-refractivity contribution in [2.75, 3.05) is 66.2 Å². The van der Waals surface area contributed by atoms with Gasteiger partial charge in [0.05, 0.1) is 31.8 Å². The van der Waals surface area contributed by atoms with Gasteiger partial charge in [0.25, 0.3) is 0 Å². The molecule has 2 amide bonds. The molecule has 2 fully saturated rings. The average Bonchev–Trinajstić information content (AvgIpc) is 2.83. The Labute approximate surface area is 189 Å². The third-order valence-electron chi connectivity index (χ3n) is 5.63. The summed E-state index contributed by atoms with van der Waals surface area (Å²) >= 11 is 0. The first kappa shape index (κ1) is 24.3. The van der Waals surface area contributed by atoms with Crippen LogP contribution in [0.15, 0.2) is 23.1 Å². The highest BCUT2D eigenvalue weighted by molar-refractivity contribution is 7.89. The third-order valence-corrected chi connectivity index (χ3v) is 7.52. The van der Waals surface area contributed by atoms with Crippen molar-refractivity contribution >= 4 is 22.0 Å². The molecule has 0 unspecified atom stereocenters. The maximum Gasteiger partial charge on any atom is 0.409 e. The highest BCUT2D eigenvalue weighted by atomic mass is 32.2. The summed E-state index contributed by atoms with van der Waals surface area (Å²) in [5.41, 5.74) is 0.667. The number of morpholine rings is 1. The average molecular weight is 470 g/mol. The summed E-state index contributed by atoms with van der Waals surface area (Å²) in [6.45, 7) is 5.22. The van der Waals surface area contributed by atoms with Crippen LogP contribution in [0.4, 0.5) is 4.79 Å². The van der Waals surface area contributed by atoms with E-state index in [0.717, 1.165) is 0 Å². The van der Waals surface area contributed by atoms with Crippen LogP contribution < -0.4 is 4.74 Å². The highest BCUT2D eigenvalue weighted by Crippen LogP contribution is 2.26. The largest absolute Gasteiger partial charge is 0.496 e. The van der Waals surface area contributed by atoms with Crippen LogP contribution in [-0.4, -0.2) is 101 Å². The van der Waals surface area contributed by atoms with Crippen LogP contribution >= 0.6 is 0 Å². The predicted octanol–water partition coefficient (Wildman–Crippen LogP) is 0.949. The summed E-state index contributed by atoms with van der Waals surface area (Å²) in [6.07, 6.45) is 0.214. The van der Waals surface area contributed by atoms with Gasteiger partial charge in [-0.05, 0) is 37.1 Å². The molecule has 0 bridgehead atoms. The lowest BCUT2D eigenvalue weighted by Crippen LogP contribution is -2.50. The van der Waals surface area contributed by atoms with E-state index in [9.17, 15) is 18.0 Å². The highest BCUT2D eigenvalue weighted by Gasteiger charge is 2.28.